The van der Waals surface area contributed by atoms with Gasteiger partial charge >= 0.3 is 5.97 Å². The van der Waals surface area contributed by atoms with Crippen LogP contribution in [0.1, 0.15) is 64.2 Å². The Balaban J connectivity index is 1.78. The number of unbranched alkanes of at least 4 members (excludes halogenated alkanes) is 8. The Morgan fingerprint density at radius 1 is 0.810 bits per heavy atom. The number of nitrogens with one attached hydrogen (secondary N) is 1. The third kappa shape index (κ3) is 10.9. The topological polar surface area (TPSA) is 49.3 Å². The summed E-state index contributed by atoms with van der Waals surface area (Å²) in [7, 11) is 0. The first-order chi connectivity index (χ1) is 10.3. The van der Waals surface area contributed by atoms with Gasteiger partial charge in [0.15, 0.2) is 0 Å². The van der Waals surface area contributed by atoms with E-state index in [4.69, 9.17) is 5.11 Å². The second kappa shape index (κ2) is 12.2. The van der Waals surface area contributed by atoms with Crippen LogP contribution < -0.4 is 5.32 Å². The molecule has 0 unspecified atom stereocenters. The Hall–Kier alpha value is -1.51. The van der Waals surface area contributed by atoms with Gasteiger partial charge < -0.3 is 10.4 Å². The van der Waals surface area contributed by atoms with Crippen LogP contribution in [-0.2, 0) is 4.79 Å². The van der Waals surface area contributed by atoms with E-state index in [2.05, 4.69) is 29.6 Å². The van der Waals surface area contributed by atoms with E-state index in [1.165, 1.54) is 50.6 Å². The molecule has 1 rings (SSSR count). The van der Waals surface area contributed by atoms with Gasteiger partial charge in [-0.1, -0.05) is 63.1 Å². The number of carboxylic acid groups (broad SMARTS) is 1. The highest BCUT2D eigenvalue weighted by atomic mass is 16.4. The quantitative estimate of drug-likeness (QED) is 0.498. The van der Waals surface area contributed by atoms with E-state index in [1.54, 1.807) is 0 Å². The monoisotopic (exact) mass is 291 g/mol. The number of aliphatic carboxylic acids is 1. The summed E-state index contributed by atoms with van der Waals surface area (Å²) in [5, 5.41) is 12.0. The molecular weight excluding hydrogens is 262 g/mol. The van der Waals surface area contributed by atoms with Gasteiger partial charge in [-0.25, -0.2) is 0 Å². The normalized spacial score (nSPS) is 10.5. The second-order valence-electron chi connectivity index (χ2n) is 5.62. The molecule has 0 amide bonds. The van der Waals surface area contributed by atoms with Crippen molar-refractivity contribution < 1.29 is 9.90 Å². The second-order valence-corrected chi connectivity index (χ2v) is 5.62. The summed E-state index contributed by atoms with van der Waals surface area (Å²) < 4.78 is 0. The molecule has 0 spiro atoms. The lowest BCUT2D eigenvalue weighted by Crippen LogP contribution is -2.00. The summed E-state index contributed by atoms with van der Waals surface area (Å²) >= 11 is 0. The zero-order valence-electron chi connectivity index (χ0n) is 13.0. The van der Waals surface area contributed by atoms with Crippen molar-refractivity contribution in [3.63, 3.8) is 0 Å². The molecule has 0 bridgehead atoms. The maximum Gasteiger partial charge on any atom is 0.303 e. The van der Waals surface area contributed by atoms with Crippen LogP contribution in [0.3, 0.4) is 0 Å². The Morgan fingerprint density at radius 2 is 1.33 bits per heavy atom. The van der Waals surface area contributed by atoms with Crippen molar-refractivity contribution in [2.45, 2.75) is 64.2 Å². The van der Waals surface area contributed by atoms with E-state index >= 15 is 0 Å². The van der Waals surface area contributed by atoms with Crippen molar-refractivity contribution in [1.82, 2.24) is 0 Å². The first-order valence-electron chi connectivity index (χ1n) is 8.30. The lowest BCUT2D eigenvalue weighted by atomic mass is 10.1. The summed E-state index contributed by atoms with van der Waals surface area (Å²) in [6.07, 6.45) is 11.1. The number of carbonyl (C=O) groups is 1. The van der Waals surface area contributed by atoms with Crippen molar-refractivity contribution >= 4 is 11.7 Å². The SMILES string of the molecule is O=C(O)CCCCCCCCCCCNc1ccccc1. The zero-order chi connectivity index (χ0) is 15.2. The van der Waals surface area contributed by atoms with Crippen LogP contribution in [-0.4, -0.2) is 17.6 Å². The highest BCUT2D eigenvalue weighted by Gasteiger charge is 1.97. The lowest BCUT2D eigenvalue weighted by Gasteiger charge is -2.06. The summed E-state index contributed by atoms with van der Waals surface area (Å²) in [6.45, 7) is 1.05. The zero-order valence-corrected chi connectivity index (χ0v) is 13.0. The van der Waals surface area contributed by atoms with Crippen molar-refractivity contribution in [1.29, 1.82) is 0 Å². The van der Waals surface area contributed by atoms with Gasteiger partial charge in [0.1, 0.15) is 0 Å². The van der Waals surface area contributed by atoms with Gasteiger partial charge in [0, 0.05) is 18.7 Å². The number of benzene rings is 1. The molecule has 3 heteroatoms. The molecule has 0 saturated carbocycles. The van der Waals surface area contributed by atoms with Crippen LogP contribution in [0.15, 0.2) is 30.3 Å². The molecule has 0 saturated heterocycles. The van der Waals surface area contributed by atoms with E-state index in [0.29, 0.717) is 6.42 Å². The van der Waals surface area contributed by atoms with Gasteiger partial charge in [0.2, 0.25) is 0 Å². The minimum atomic E-state index is -0.667. The number of anilines is 1. The van der Waals surface area contributed by atoms with E-state index in [0.717, 1.165) is 19.4 Å². The predicted octanol–water partition coefficient (Wildman–Crippen LogP) is 5.08. The molecule has 21 heavy (non-hydrogen) atoms. The Morgan fingerprint density at radius 3 is 1.90 bits per heavy atom. The minimum Gasteiger partial charge on any atom is -0.481 e. The Bertz CT molecular complexity index is 365. The third-order valence-corrected chi connectivity index (χ3v) is 3.67. The van der Waals surface area contributed by atoms with Crippen LogP contribution >= 0.6 is 0 Å². The fourth-order valence-corrected chi connectivity index (χ4v) is 2.43. The van der Waals surface area contributed by atoms with Crippen LogP contribution in [0.2, 0.25) is 0 Å². The highest BCUT2D eigenvalue weighted by Crippen LogP contribution is 2.11. The summed E-state index contributed by atoms with van der Waals surface area (Å²) in [4.78, 5) is 10.3. The smallest absolute Gasteiger partial charge is 0.303 e. The average molecular weight is 291 g/mol. The molecule has 118 valence electrons. The van der Waals surface area contributed by atoms with Gasteiger partial charge in [-0.05, 0) is 25.0 Å². The molecule has 0 aromatic heterocycles. The first-order valence-corrected chi connectivity index (χ1v) is 8.30. The standard InChI is InChI=1S/C18H29NO2/c20-18(21)15-11-6-4-2-1-3-5-7-12-16-19-17-13-9-8-10-14-17/h8-10,13-14,19H,1-7,11-12,15-16H2,(H,20,21). The van der Waals surface area contributed by atoms with Crippen molar-refractivity contribution in [2.24, 2.45) is 0 Å². The van der Waals surface area contributed by atoms with E-state index < -0.39 is 5.97 Å². The van der Waals surface area contributed by atoms with E-state index in [-0.39, 0.29) is 0 Å². The average Bonchev–Trinajstić information content (AvgIpc) is 2.49. The van der Waals surface area contributed by atoms with Gasteiger partial charge in [-0.3, -0.25) is 4.79 Å². The lowest BCUT2D eigenvalue weighted by molar-refractivity contribution is -0.137. The van der Waals surface area contributed by atoms with Crippen LogP contribution in [0.25, 0.3) is 0 Å². The molecule has 0 heterocycles. The van der Waals surface area contributed by atoms with Crippen LogP contribution in [0.5, 0.6) is 0 Å². The maximum absolute atomic E-state index is 10.3. The van der Waals surface area contributed by atoms with E-state index in [1.807, 2.05) is 6.07 Å². The minimum absolute atomic E-state index is 0.328. The van der Waals surface area contributed by atoms with Crippen LogP contribution in [0.4, 0.5) is 5.69 Å². The van der Waals surface area contributed by atoms with Gasteiger partial charge in [0.05, 0.1) is 0 Å². The molecule has 1 aromatic carbocycles. The molecule has 0 fully saturated rings. The molecular formula is C18H29NO2. The number of carboxylic acids is 1. The Labute approximate surface area is 128 Å². The number of hydrogen-bond acceptors (Lipinski definition) is 2. The highest BCUT2D eigenvalue weighted by molar-refractivity contribution is 5.66. The number of para-hydroxylation sites is 1. The number of rotatable bonds is 13. The van der Waals surface area contributed by atoms with Crippen molar-refractivity contribution in [2.75, 3.05) is 11.9 Å². The molecule has 1 aromatic rings. The van der Waals surface area contributed by atoms with Crippen molar-refractivity contribution in [3.8, 4) is 0 Å². The summed E-state index contributed by atoms with van der Waals surface area (Å²) in [6, 6.07) is 10.3. The Kier molecular flexibility index (Phi) is 10.2. The van der Waals surface area contributed by atoms with Gasteiger partial charge in [-0.15, -0.1) is 0 Å². The molecule has 2 N–H and O–H groups in total. The molecule has 0 aliphatic heterocycles. The van der Waals surface area contributed by atoms with E-state index in [9.17, 15) is 4.79 Å². The third-order valence-electron chi connectivity index (χ3n) is 3.67. The maximum atomic E-state index is 10.3. The molecule has 3 nitrogen and oxygen atoms in total. The number of hydrogen-bond donors (Lipinski definition) is 2. The summed E-state index contributed by atoms with van der Waals surface area (Å²) in [5.74, 6) is -0.667. The predicted molar refractivity (Wildman–Crippen MR) is 88.7 cm³/mol. The van der Waals surface area contributed by atoms with Crippen LogP contribution in [0, 0.1) is 0 Å². The fourth-order valence-electron chi connectivity index (χ4n) is 2.43. The fraction of sp³-hybridized carbons (Fsp3) is 0.611. The van der Waals surface area contributed by atoms with Gasteiger partial charge in [-0.2, -0.15) is 0 Å². The molecule has 0 aliphatic rings. The van der Waals surface area contributed by atoms with Crippen molar-refractivity contribution in [3.05, 3.63) is 30.3 Å². The molecule has 0 atom stereocenters. The largest absolute Gasteiger partial charge is 0.481 e. The molecule has 0 aliphatic carbocycles. The first kappa shape index (κ1) is 17.5. The van der Waals surface area contributed by atoms with Gasteiger partial charge in [0.25, 0.3) is 0 Å². The summed E-state index contributed by atoms with van der Waals surface area (Å²) in [5.41, 5.74) is 1.21. The molecule has 0 radical (unpaired) electrons.